The average Bonchev–Trinajstić information content (AvgIpc) is 3.22. The predicted octanol–water partition coefficient (Wildman–Crippen LogP) is 4.40. The van der Waals surface area contributed by atoms with Gasteiger partial charge in [0, 0.05) is 28.6 Å². The minimum Gasteiger partial charge on any atom is -0.481 e. The molecule has 168 valence electrons. The Morgan fingerprint density at radius 1 is 1.12 bits per heavy atom. The third kappa shape index (κ3) is 3.61. The number of pyridine rings is 1. The van der Waals surface area contributed by atoms with E-state index in [0.717, 1.165) is 27.6 Å². The van der Waals surface area contributed by atoms with E-state index in [-0.39, 0.29) is 23.4 Å². The summed E-state index contributed by atoms with van der Waals surface area (Å²) in [6.07, 6.45) is 5.92. The van der Waals surface area contributed by atoms with Crippen molar-refractivity contribution in [3.8, 4) is 11.1 Å². The van der Waals surface area contributed by atoms with Gasteiger partial charge in [-0.05, 0) is 57.7 Å². The Morgan fingerprint density at radius 3 is 2.58 bits per heavy atom. The van der Waals surface area contributed by atoms with Crippen LogP contribution < -0.4 is 5.73 Å². The molecule has 4 aromatic rings. The molecule has 8 nitrogen and oxygen atoms in total. The van der Waals surface area contributed by atoms with Crippen molar-refractivity contribution in [3.05, 3.63) is 53.5 Å². The monoisotopic (exact) mass is 443 g/mol. The molecule has 1 aliphatic rings. The van der Waals surface area contributed by atoms with Crippen molar-refractivity contribution in [3.63, 3.8) is 0 Å². The summed E-state index contributed by atoms with van der Waals surface area (Å²) >= 11 is 0. The molecule has 33 heavy (non-hydrogen) atoms. The van der Waals surface area contributed by atoms with E-state index in [9.17, 15) is 14.7 Å². The van der Waals surface area contributed by atoms with Crippen molar-refractivity contribution in [1.82, 2.24) is 19.6 Å². The van der Waals surface area contributed by atoms with Gasteiger partial charge in [0.25, 0.3) is 0 Å². The Morgan fingerprint density at radius 2 is 1.88 bits per heavy atom. The Bertz CT molecular complexity index is 1420. The number of aliphatic carboxylic acids is 1. The lowest BCUT2D eigenvalue weighted by Gasteiger charge is -2.27. The Kier molecular flexibility index (Phi) is 5.08. The van der Waals surface area contributed by atoms with Gasteiger partial charge in [0.1, 0.15) is 5.82 Å². The molecule has 0 bridgehead atoms. The highest BCUT2D eigenvalue weighted by Gasteiger charge is 2.31. The van der Waals surface area contributed by atoms with E-state index in [0.29, 0.717) is 42.6 Å². The number of nitrogens with zero attached hydrogens (tertiary/aromatic N) is 4. The SMILES string of the molecule is CC(=O)c1c(C2CCC(C(=O)O)CC2)nc2c(-c3cnc4ccc(C)cc4c3)cnn2c1N. The first-order valence-corrected chi connectivity index (χ1v) is 11.1. The van der Waals surface area contributed by atoms with Gasteiger partial charge < -0.3 is 10.8 Å². The number of hydrogen-bond donors (Lipinski definition) is 2. The van der Waals surface area contributed by atoms with Crippen molar-refractivity contribution in [2.45, 2.75) is 45.4 Å². The number of hydrogen-bond acceptors (Lipinski definition) is 6. The zero-order valence-corrected chi connectivity index (χ0v) is 18.6. The number of aromatic nitrogens is 4. The van der Waals surface area contributed by atoms with E-state index in [1.807, 2.05) is 19.1 Å². The maximum absolute atomic E-state index is 12.5. The first-order valence-electron chi connectivity index (χ1n) is 11.1. The molecule has 1 aromatic carbocycles. The van der Waals surface area contributed by atoms with Crippen molar-refractivity contribution < 1.29 is 14.7 Å². The lowest BCUT2D eigenvalue weighted by molar-refractivity contribution is -0.142. The first-order chi connectivity index (χ1) is 15.8. The quantitative estimate of drug-likeness (QED) is 0.448. The molecule has 3 aromatic heterocycles. The van der Waals surface area contributed by atoms with Crippen LogP contribution in [-0.2, 0) is 4.79 Å². The minimum absolute atomic E-state index is 0.0214. The van der Waals surface area contributed by atoms with Crippen LogP contribution in [0.3, 0.4) is 0 Å². The van der Waals surface area contributed by atoms with Gasteiger partial charge in [0.2, 0.25) is 0 Å². The highest BCUT2D eigenvalue weighted by Crippen LogP contribution is 2.39. The van der Waals surface area contributed by atoms with Gasteiger partial charge in [0.15, 0.2) is 11.4 Å². The molecule has 1 fully saturated rings. The number of ketones is 1. The molecule has 5 rings (SSSR count). The fourth-order valence-corrected chi connectivity index (χ4v) is 4.90. The summed E-state index contributed by atoms with van der Waals surface area (Å²) in [4.78, 5) is 33.4. The van der Waals surface area contributed by atoms with Crippen molar-refractivity contribution in [2.24, 2.45) is 5.92 Å². The number of carboxylic acid groups (broad SMARTS) is 1. The molecule has 3 heterocycles. The zero-order valence-electron chi connectivity index (χ0n) is 18.6. The van der Waals surface area contributed by atoms with Crippen molar-refractivity contribution >= 4 is 34.1 Å². The van der Waals surface area contributed by atoms with E-state index in [1.165, 1.54) is 11.4 Å². The summed E-state index contributed by atoms with van der Waals surface area (Å²) in [5.41, 5.74) is 11.7. The second-order valence-corrected chi connectivity index (χ2v) is 8.91. The number of carbonyl (C=O) groups excluding carboxylic acids is 1. The highest BCUT2D eigenvalue weighted by molar-refractivity contribution is 6.00. The van der Waals surface area contributed by atoms with Crippen LogP contribution in [0.2, 0.25) is 0 Å². The number of carbonyl (C=O) groups is 2. The number of anilines is 1. The van der Waals surface area contributed by atoms with Crippen LogP contribution >= 0.6 is 0 Å². The summed E-state index contributed by atoms with van der Waals surface area (Å²) in [5.74, 6) is -1.04. The van der Waals surface area contributed by atoms with Gasteiger partial charge in [-0.3, -0.25) is 14.6 Å². The van der Waals surface area contributed by atoms with Gasteiger partial charge in [0.05, 0.1) is 28.9 Å². The number of benzene rings is 1. The molecule has 3 N–H and O–H groups in total. The molecule has 0 unspecified atom stereocenters. The number of aryl methyl sites for hydroxylation is 1. The fraction of sp³-hybridized carbons (Fsp3) is 0.320. The topological polar surface area (TPSA) is 123 Å². The maximum atomic E-state index is 12.5. The Balaban J connectivity index is 1.64. The van der Waals surface area contributed by atoms with Crippen molar-refractivity contribution in [2.75, 3.05) is 5.73 Å². The summed E-state index contributed by atoms with van der Waals surface area (Å²) in [6, 6.07) is 8.16. The molecule has 0 saturated heterocycles. The molecule has 0 amide bonds. The van der Waals surface area contributed by atoms with E-state index < -0.39 is 5.97 Å². The predicted molar refractivity (Wildman–Crippen MR) is 125 cm³/mol. The smallest absolute Gasteiger partial charge is 0.306 e. The summed E-state index contributed by atoms with van der Waals surface area (Å²) < 4.78 is 1.51. The second kappa shape index (κ2) is 7.95. The molecule has 0 atom stereocenters. The number of Topliss-reactive ketones (excluding diaryl/α,β-unsaturated/α-hetero) is 1. The summed E-state index contributed by atoms with van der Waals surface area (Å²) in [7, 11) is 0. The molecular formula is C25H25N5O3. The standard InChI is InChI=1S/C25H25N5O3/c1-13-3-8-20-17(9-13)10-18(11-27-20)19-12-28-30-23(26)21(14(2)31)22(29-24(19)30)15-4-6-16(7-5-15)25(32)33/h3,8-12,15-16H,4-7,26H2,1-2H3,(H,32,33). The van der Waals surface area contributed by atoms with Crippen LogP contribution in [0, 0.1) is 12.8 Å². The fourth-order valence-electron chi connectivity index (χ4n) is 4.90. The zero-order chi connectivity index (χ0) is 23.3. The Labute approximate surface area is 190 Å². The largest absolute Gasteiger partial charge is 0.481 e. The van der Waals surface area contributed by atoms with Crippen LogP contribution in [0.4, 0.5) is 5.82 Å². The number of fused-ring (bicyclic) bond motifs is 2. The van der Waals surface area contributed by atoms with Crippen LogP contribution in [0.15, 0.2) is 36.7 Å². The number of nitrogen functional groups attached to an aromatic ring is 1. The van der Waals surface area contributed by atoms with Gasteiger partial charge in [-0.15, -0.1) is 0 Å². The van der Waals surface area contributed by atoms with Gasteiger partial charge in [-0.1, -0.05) is 11.6 Å². The molecule has 0 spiro atoms. The number of carboxylic acids is 1. The first kappa shape index (κ1) is 21.1. The van der Waals surface area contributed by atoms with E-state index in [4.69, 9.17) is 10.7 Å². The van der Waals surface area contributed by atoms with Gasteiger partial charge in [-0.25, -0.2) is 4.98 Å². The van der Waals surface area contributed by atoms with Crippen LogP contribution in [0.1, 0.15) is 60.1 Å². The van der Waals surface area contributed by atoms with Crippen molar-refractivity contribution in [1.29, 1.82) is 0 Å². The molecule has 1 aliphatic carbocycles. The highest BCUT2D eigenvalue weighted by atomic mass is 16.4. The van der Waals surface area contributed by atoms with E-state index in [1.54, 1.807) is 12.4 Å². The van der Waals surface area contributed by atoms with Gasteiger partial charge in [-0.2, -0.15) is 9.61 Å². The summed E-state index contributed by atoms with van der Waals surface area (Å²) in [6.45, 7) is 3.52. The maximum Gasteiger partial charge on any atom is 0.306 e. The molecule has 0 aliphatic heterocycles. The normalized spacial score (nSPS) is 18.6. The minimum atomic E-state index is -0.764. The lowest BCUT2D eigenvalue weighted by atomic mass is 9.79. The van der Waals surface area contributed by atoms with Crippen LogP contribution in [-0.4, -0.2) is 36.4 Å². The van der Waals surface area contributed by atoms with E-state index in [2.05, 4.69) is 22.2 Å². The third-order valence-corrected chi connectivity index (χ3v) is 6.67. The number of nitrogens with two attached hydrogens (primary N) is 1. The molecule has 8 heteroatoms. The van der Waals surface area contributed by atoms with Crippen LogP contribution in [0.25, 0.3) is 27.7 Å². The lowest BCUT2D eigenvalue weighted by Crippen LogP contribution is -2.23. The second-order valence-electron chi connectivity index (χ2n) is 8.91. The summed E-state index contributed by atoms with van der Waals surface area (Å²) in [5, 5.41) is 14.8. The molecule has 0 radical (unpaired) electrons. The van der Waals surface area contributed by atoms with Crippen LogP contribution in [0.5, 0.6) is 0 Å². The molecular weight excluding hydrogens is 418 g/mol. The van der Waals surface area contributed by atoms with E-state index >= 15 is 0 Å². The average molecular weight is 444 g/mol. The Hall–Kier alpha value is -3.81. The van der Waals surface area contributed by atoms with Gasteiger partial charge >= 0.3 is 5.97 Å². The third-order valence-electron chi connectivity index (χ3n) is 6.67. The number of rotatable bonds is 4. The molecule has 1 saturated carbocycles.